The minimum absolute atomic E-state index is 0.263. The topological polar surface area (TPSA) is 35.2 Å². The molecule has 0 amide bonds. The Kier molecular flexibility index (Phi) is 4.69. The summed E-state index contributed by atoms with van der Waals surface area (Å²) in [7, 11) is 0. The zero-order valence-electron chi connectivity index (χ0n) is 10.2. The van der Waals surface area contributed by atoms with Crippen molar-refractivity contribution in [3.05, 3.63) is 53.1 Å². The molecule has 0 radical (unpaired) electrons. The molecule has 2 N–H and O–H groups in total. The number of thiocarbonyl (C=S) groups is 1. The summed E-state index contributed by atoms with van der Waals surface area (Å²) in [5.74, 6) is 1.38. The third kappa shape index (κ3) is 3.41. The molecule has 0 fully saturated rings. The Morgan fingerprint density at radius 1 is 1.21 bits per heavy atom. The number of nitrogens with two attached hydrogens (primary N) is 1. The van der Waals surface area contributed by atoms with Gasteiger partial charge in [0.2, 0.25) is 0 Å². The second-order valence-electron chi connectivity index (χ2n) is 3.76. The standard InChI is InChI=1S/C14H12ClNOS2/c1-19-13-5-3-2-4-12(13)17-11-7-6-9(15)8-10(11)14(16)18/h2-8H,1H3,(H2,16,18). The number of para-hydroxylation sites is 1. The van der Waals surface area contributed by atoms with Crippen molar-refractivity contribution in [1.29, 1.82) is 0 Å². The fourth-order valence-electron chi connectivity index (χ4n) is 1.61. The first kappa shape index (κ1) is 14.2. The van der Waals surface area contributed by atoms with Crippen LogP contribution in [0.3, 0.4) is 0 Å². The van der Waals surface area contributed by atoms with Crippen LogP contribution in [-0.2, 0) is 0 Å². The molecule has 0 spiro atoms. The van der Waals surface area contributed by atoms with Gasteiger partial charge >= 0.3 is 0 Å². The maximum Gasteiger partial charge on any atom is 0.140 e. The first-order chi connectivity index (χ1) is 9.11. The van der Waals surface area contributed by atoms with Crippen molar-refractivity contribution in [3.8, 4) is 11.5 Å². The molecule has 2 nitrogen and oxygen atoms in total. The zero-order chi connectivity index (χ0) is 13.8. The van der Waals surface area contributed by atoms with Crippen LogP contribution in [-0.4, -0.2) is 11.2 Å². The van der Waals surface area contributed by atoms with Gasteiger partial charge in [-0.2, -0.15) is 0 Å². The van der Waals surface area contributed by atoms with Crippen LogP contribution in [0.5, 0.6) is 11.5 Å². The van der Waals surface area contributed by atoms with E-state index >= 15 is 0 Å². The second-order valence-corrected chi connectivity index (χ2v) is 5.48. The van der Waals surface area contributed by atoms with E-state index in [1.807, 2.05) is 30.5 Å². The van der Waals surface area contributed by atoms with Gasteiger partial charge in [0, 0.05) is 9.92 Å². The van der Waals surface area contributed by atoms with Gasteiger partial charge in [0.1, 0.15) is 16.5 Å². The van der Waals surface area contributed by atoms with Crippen molar-refractivity contribution in [2.75, 3.05) is 6.26 Å². The Bertz CT molecular complexity index is 616. The van der Waals surface area contributed by atoms with Crippen molar-refractivity contribution >= 4 is 40.6 Å². The fourth-order valence-corrected chi connectivity index (χ4v) is 2.46. The van der Waals surface area contributed by atoms with E-state index < -0.39 is 0 Å². The number of thioether (sulfide) groups is 1. The molecule has 98 valence electrons. The highest BCUT2D eigenvalue weighted by molar-refractivity contribution is 7.98. The zero-order valence-corrected chi connectivity index (χ0v) is 12.6. The van der Waals surface area contributed by atoms with E-state index in [1.54, 1.807) is 30.0 Å². The van der Waals surface area contributed by atoms with Crippen LogP contribution in [0.1, 0.15) is 5.56 Å². The Morgan fingerprint density at radius 3 is 2.63 bits per heavy atom. The molecular weight excluding hydrogens is 298 g/mol. The summed E-state index contributed by atoms with van der Waals surface area (Å²) in [5.41, 5.74) is 6.33. The van der Waals surface area contributed by atoms with Crippen molar-refractivity contribution in [3.63, 3.8) is 0 Å². The molecule has 0 aliphatic heterocycles. The van der Waals surface area contributed by atoms with E-state index in [2.05, 4.69) is 0 Å². The van der Waals surface area contributed by atoms with E-state index in [0.29, 0.717) is 16.3 Å². The average molecular weight is 310 g/mol. The molecule has 0 saturated carbocycles. The Balaban J connectivity index is 2.41. The van der Waals surface area contributed by atoms with Crippen LogP contribution in [0.15, 0.2) is 47.4 Å². The molecule has 0 aliphatic carbocycles. The largest absolute Gasteiger partial charge is 0.455 e. The van der Waals surface area contributed by atoms with Gasteiger partial charge in [-0.25, -0.2) is 0 Å². The highest BCUT2D eigenvalue weighted by atomic mass is 35.5. The third-order valence-corrected chi connectivity index (χ3v) is 3.73. The minimum atomic E-state index is 0.263. The smallest absolute Gasteiger partial charge is 0.140 e. The normalized spacial score (nSPS) is 10.2. The van der Waals surface area contributed by atoms with Crippen LogP contribution in [0, 0.1) is 0 Å². The molecule has 0 atom stereocenters. The van der Waals surface area contributed by atoms with Crippen LogP contribution in [0.2, 0.25) is 5.02 Å². The molecule has 19 heavy (non-hydrogen) atoms. The molecule has 0 aliphatic rings. The van der Waals surface area contributed by atoms with Crippen molar-refractivity contribution in [1.82, 2.24) is 0 Å². The number of halogens is 1. The number of hydrogen-bond acceptors (Lipinski definition) is 3. The molecular formula is C14H12ClNOS2. The van der Waals surface area contributed by atoms with E-state index in [-0.39, 0.29) is 4.99 Å². The summed E-state index contributed by atoms with van der Waals surface area (Å²) in [6.45, 7) is 0. The Labute approximate surface area is 126 Å². The predicted octanol–water partition coefficient (Wildman–Crippen LogP) is 4.49. The molecule has 5 heteroatoms. The lowest BCUT2D eigenvalue weighted by Crippen LogP contribution is -2.10. The predicted molar refractivity (Wildman–Crippen MR) is 85.6 cm³/mol. The molecule has 0 heterocycles. The molecule has 0 bridgehead atoms. The van der Waals surface area contributed by atoms with Gasteiger partial charge in [0.05, 0.1) is 5.56 Å². The summed E-state index contributed by atoms with van der Waals surface area (Å²) in [5, 5.41) is 0.577. The third-order valence-electron chi connectivity index (χ3n) is 2.50. The lowest BCUT2D eigenvalue weighted by atomic mass is 10.2. The number of ether oxygens (including phenoxy) is 1. The summed E-state index contributed by atoms with van der Waals surface area (Å²) >= 11 is 12.6. The van der Waals surface area contributed by atoms with Crippen LogP contribution in [0.4, 0.5) is 0 Å². The van der Waals surface area contributed by atoms with Gasteiger partial charge in [0.25, 0.3) is 0 Å². The SMILES string of the molecule is CSc1ccccc1Oc1ccc(Cl)cc1C(N)=S. The average Bonchev–Trinajstić information content (AvgIpc) is 2.41. The lowest BCUT2D eigenvalue weighted by molar-refractivity contribution is 0.470. The summed E-state index contributed by atoms with van der Waals surface area (Å²) < 4.78 is 5.90. The van der Waals surface area contributed by atoms with Gasteiger partial charge in [-0.3, -0.25) is 0 Å². The fraction of sp³-hybridized carbons (Fsp3) is 0.0714. The van der Waals surface area contributed by atoms with Crippen LogP contribution >= 0.6 is 35.6 Å². The summed E-state index contributed by atoms with van der Waals surface area (Å²) in [6.07, 6.45) is 2.00. The van der Waals surface area contributed by atoms with Crippen molar-refractivity contribution in [2.45, 2.75) is 4.90 Å². The van der Waals surface area contributed by atoms with Crippen LogP contribution < -0.4 is 10.5 Å². The minimum Gasteiger partial charge on any atom is -0.455 e. The number of rotatable bonds is 4. The lowest BCUT2D eigenvalue weighted by Gasteiger charge is -2.13. The molecule has 0 unspecified atom stereocenters. The van der Waals surface area contributed by atoms with Gasteiger partial charge in [-0.1, -0.05) is 36.0 Å². The second kappa shape index (κ2) is 6.28. The highest BCUT2D eigenvalue weighted by Crippen LogP contribution is 2.33. The van der Waals surface area contributed by atoms with Gasteiger partial charge < -0.3 is 10.5 Å². The van der Waals surface area contributed by atoms with Crippen LogP contribution in [0.25, 0.3) is 0 Å². The van der Waals surface area contributed by atoms with E-state index in [9.17, 15) is 0 Å². The highest BCUT2D eigenvalue weighted by Gasteiger charge is 2.10. The first-order valence-electron chi connectivity index (χ1n) is 5.52. The van der Waals surface area contributed by atoms with Gasteiger partial charge in [-0.15, -0.1) is 11.8 Å². The Hall–Kier alpha value is -1.23. The van der Waals surface area contributed by atoms with E-state index in [4.69, 9.17) is 34.3 Å². The van der Waals surface area contributed by atoms with Crippen molar-refractivity contribution < 1.29 is 4.74 Å². The Morgan fingerprint density at radius 2 is 1.95 bits per heavy atom. The molecule has 0 aromatic heterocycles. The number of hydrogen-bond donors (Lipinski definition) is 1. The van der Waals surface area contributed by atoms with Crippen molar-refractivity contribution in [2.24, 2.45) is 5.73 Å². The molecule has 2 aromatic rings. The maximum atomic E-state index is 5.95. The van der Waals surface area contributed by atoms with E-state index in [0.717, 1.165) is 10.6 Å². The maximum absolute atomic E-state index is 5.95. The summed E-state index contributed by atoms with van der Waals surface area (Å²) in [4.78, 5) is 1.31. The van der Waals surface area contributed by atoms with Gasteiger partial charge in [0.15, 0.2) is 0 Å². The molecule has 0 saturated heterocycles. The quantitative estimate of drug-likeness (QED) is 0.667. The monoisotopic (exact) mass is 309 g/mol. The molecule has 2 rings (SSSR count). The first-order valence-corrected chi connectivity index (χ1v) is 7.53. The summed E-state index contributed by atoms with van der Waals surface area (Å²) in [6, 6.07) is 13.0. The van der Waals surface area contributed by atoms with E-state index in [1.165, 1.54) is 0 Å². The molecule has 2 aromatic carbocycles. The number of benzene rings is 2. The van der Waals surface area contributed by atoms with Gasteiger partial charge in [-0.05, 0) is 36.6 Å².